The maximum absolute atomic E-state index is 13.2. The second-order valence-electron chi connectivity index (χ2n) is 6.82. The van der Waals surface area contributed by atoms with E-state index in [2.05, 4.69) is 5.32 Å². The Labute approximate surface area is 196 Å². The molecule has 1 amide bonds. The maximum atomic E-state index is 13.2. The molecule has 3 rings (SSSR count). The summed E-state index contributed by atoms with van der Waals surface area (Å²) in [6.45, 7) is 1.28. The van der Waals surface area contributed by atoms with Crippen LogP contribution >= 0.6 is 11.6 Å². The number of hydrogen-bond donors (Lipinski definition) is 2. The molecule has 2 N–H and O–H groups in total. The summed E-state index contributed by atoms with van der Waals surface area (Å²) >= 11 is 6.14. The Balaban J connectivity index is 1.74. The number of carbonyl (C=O) groups is 2. The molecule has 3 aromatic carbocycles. The maximum Gasteiger partial charge on any atom is 0.338 e. The average molecular weight is 489 g/mol. The first-order valence-corrected chi connectivity index (χ1v) is 11.7. The molecule has 33 heavy (non-hydrogen) atoms. The molecule has 0 fully saturated rings. The van der Waals surface area contributed by atoms with Crippen molar-refractivity contribution in [3.63, 3.8) is 0 Å². The van der Waals surface area contributed by atoms with Crippen LogP contribution in [0.5, 0.6) is 5.75 Å². The zero-order valence-electron chi connectivity index (χ0n) is 17.6. The molecule has 0 radical (unpaired) electrons. The summed E-state index contributed by atoms with van der Waals surface area (Å²) in [7, 11) is -3.93. The van der Waals surface area contributed by atoms with E-state index in [0.29, 0.717) is 5.69 Å². The Morgan fingerprint density at radius 2 is 1.76 bits per heavy atom. The summed E-state index contributed by atoms with van der Waals surface area (Å²) in [5, 5.41) is 12.0. The van der Waals surface area contributed by atoms with Crippen molar-refractivity contribution in [2.24, 2.45) is 0 Å². The first-order valence-electron chi connectivity index (χ1n) is 9.85. The largest absolute Gasteiger partial charge is 0.508 e. The molecule has 0 saturated heterocycles. The zero-order valence-corrected chi connectivity index (χ0v) is 19.1. The lowest BCUT2D eigenvalue weighted by atomic mass is 10.2. The highest BCUT2D eigenvalue weighted by atomic mass is 35.5. The minimum absolute atomic E-state index is 0.0558. The van der Waals surface area contributed by atoms with E-state index in [1.54, 1.807) is 37.3 Å². The number of carbonyl (C=O) groups excluding carboxylic acids is 2. The molecule has 0 bridgehead atoms. The highest BCUT2D eigenvalue weighted by molar-refractivity contribution is 7.92. The third kappa shape index (κ3) is 5.82. The lowest BCUT2D eigenvalue weighted by Crippen LogP contribution is -2.30. The van der Waals surface area contributed by atoms with Crippen molar-refractivity contribution in [2.75, 3.05) is 22.8 Å². The monoisotopic (exact) mass is 488 g/mol. The van der Waals surface area contributed by atoms with Gasteiger partial charge in [0.1, 0.15) is 5.75 Å². The number of nitrogens with zero attached hydrogens (tertiary/aromatic N) is 1. The fourth-order valence-corrected chi connectivity index (χ4v) is 4.67. The molecule has 10 heteroatoms. The van der Waals surface area contributed by atoms with Gasteiger partial charge in [0.15, 0.2) is 6.61 Å². The van der Waals surface area contributed by atoms with Gasteiger partial charge in [-0.3, -0.25) is 9.10 Å². The molecule has 0 saturated carbocycles. The summed E-state index contributed by atoms with van der Waals surface area (Å²) in [5.74, 6) is -1.63. The number of hydrogen-bond acceptors (Lipinski definition) is 6. The van der Waals surface area contributed by atoms with Crippen LogP contribution in [0.1, 0.15) is 17.3 Å². The predicted molar refractivity (Wildman–Crippen MR) is 125 cm³/mol. The van der Waals surface area contributed by atoms with Crippen molar-refractivity contribution in [3.8, 4) is 5.75 Å². The van der Waals surface area contributed by atoms with Crippen molar-refractivity contribution >= 4 is 44.9 Å². The first kappa shape index (κ1) is 24.1. The third-order valence-corrected chi connectivity index (χ3v) is 6.78. The molecule has 0 aromatic heterocycles. The van der Waals surface area contributed by atoms with E-state index in [0.717, 1.165) is 0 Å². The second kappa shape index (κ2) is 10.4. The van der Waals surface area contributed by atoms with Crippen LogP contribution in [0.25, 0.3) is 0 Å². The number of benzene rings is 3. The van der Waals surface area contributed by atoms with Crippen molar-refractivity contribution in [3.05, 3.63) is 83.4 Å². The zero-order chi connectivity index (χ0) is 24.0. The minimum atomic E-state index is -3.93. The predicted octanol–water partition coefficient (Wildman–Crippen LogP) is 4.06. The van der Waals surface area contributed by atoms with Gasteiger partial charge in [-0.15, -0.1) is 0 Å². The summed E-state index contributed by atoms with van der Waals surface area (Å²) in [6.07, 6.45) is 0. The smallest absolute Gasteiger partial charge is 0.338 e. The van der Waals surface area contributed by atoms with Crippen LogP contribution in [0, 0.1) is 0 Å². The quantitative estimate of drug-likeness (QED) is 0.462. The van der Waals surface area contributed by atoms with Gasteiger partial charge in [0.25, 0.3) is 15.9 Å². The highest BCUT2D eigenvalue weighted by Crippen LogP contribution is 2.29. The standard InChI is InChI=1S/C23H21ClN2O6S/c1-2-26(17-8-4-3-5-9-17)33(30,31)19-11-12-20(24)21(14-19)25-22(28)15-32-23(29)16-7-6-10-18(27)13-16/h3-14,27H,2,15H2,1H3,(H,25,28). The van der Waals surface area contributed by atoms with Crippen LogP contribution in [0.3, 0.4) is 0 Å². The van der Waals surface area contributed by atoms with Crippen molar-refractivity contribution < 1.29 is 27.9 Å². The number of sulfonamides is 1. The SMILES string of the molecule is CCN(c1ccccc1)S(=O)(=O)c1ccc(Cl)c(NC(=O)COC(=O)c2cccc(O)c2)c1. The minimum Gasteiger partial charge on any atom is -0.508 e. The molecule has 8 nitrogen and oxygen atoms in total. The fourth-order valence-electron chi connectivity index (χ4n) is 3.01. The molecule has 0 aliphatic heterocycles. The molecule has 0 unspecified atom stereocenters. The first-order chi connectivity index (χ1) is 15.7. The van der Waals surface area contributed by atoms with Gasteiger partial charge in [0.05, 0.1) is 26.9 Å². The number of phenols is 1. The Kier molecular flexibility index (Phi) is 7.57. The number of anilines is 2. The lowest BCUT2D eigenvalue weighted by molar-refractivity contribution is -0.119. The van der Waals surface area contributed by atoms with Crippen molar-refractivity contribution in [1.82, 2.24) is 0 Å². The Morgan fingerprint density at radius 1 is 1.03 bits per heavy atom. The highest BCUT2D eigenvalue weighted by Gasteiger charge is 2.24. The molecule has 0 heterocycles. The number of halogens is 1. The van der Waals surface area contributed by atoms with Gasteiger partial charge in [-0.25, -0.2) is 13.2 Å². The molecule has 0 atom stereocenters. The number of aromatic hydroxyl groups is 1. The van der Waals surface area contributed by atoms with E-state index < -0.39 is 28.5 Å². The molecule has 0 spiro atoms. The van der Waals surface area contributed by atoms with Gasteiger partial charge in [0, 0.05) is 6.54 Å². The van der Waals surface area contributed by atoms with Crippen LogP contribution in [-0.4, -0.2) is 38.6 Å². The van der Waals surface area contributed by atoms with E-state index in [1.807, 2.05) is 0 Å². The summed E-state index contributed by atoms with van der Waals surface area (Å²) < 4.78 is 32.6. The van der Waals surface area contributed by atoms with E-state index in [1.165, 1.54) is 46.8 Å². The third-order valence-electron chi connectivity index (χ3n) is 4.55. The number of ether oxygens (including phenoxy) is 1. The molecular weight excluding hydrogens is 468 g/mol. The Morgan fingerprint density at radius 3 is 2.42 bits per heavy atom. The fraction of sp³-hybridized carbons (Fsp3) is 0.130. The van der Waals surface area contributed by atoms with Gasteiger partial charge < -0.3 is 15.2 Å². The number of amides is 1. The van der Waals surface area contributed by atoms with Crippen LogP contribution in [0.4, 0.5) is 11.4 Å². The molecule has 0 aliphatic rings. The lowest BCUT2D eigenvalue weighted by Gasteiger charge is -2.23. The van der Waals surface area contributed by atoms with Crippen LogP contribution in [0.2, 0.25) is 5.02 Å². The van der Waals surface area contributed by atoms with Gasteiger partial charge in [-0.2, -0.15) is 0 Å². The van der Waals surface area contributed by atoms with E-state index >= 15 is 0 Å². The van der Waals surface area contributed by atoms with E-state index in [9.17, 15) is 23.1 Å². The normalized spacial score (nSPS) is 11.0. The van der Waals surface area contributed by atoms with E-state index in [4.69, 9.17) is 16.3 Å². The van der Waals surface area contributed by atoms with Crippen LogP contribution in [-0.2, 0) is 19.6 Å². The van der Waals surface area contributed by atoms with Gasteiger partial charge in [-0.05, 0) is 55.5 Å². The molecule has 172 valence electrons. The average Bonchev–Trinajstić information content (AvgIpc) is 2.80. The van der Waals surface area contributed by atoms with Crippen LogP contribution < -0.4 is 9.62 Å². The molecule has 0 aliphatic carbocycles. The molecule has 3 aromatic rings. The van der Waals surface area contributed by atoms with Gasteiger partial charge >= 0.3 is 5.97 Å². The van der Waals surface area contributed by atoms with Gasteiger partial charge in [0.2, 0.25) is 0 Å². The Hall–Kier alpha value is -3.56. The number of rotatable bonds is 8. The van der Waals surface area contributed by atoms with Crippen molar-refractivity contribution in [1.29, 1.82) is 0 Å². The van der Waals surface area contributed by atoms with Gasteiger partial charge in [-0.1, -0.05) is 35.9 Å². The number of para-hydroxylation sites is 1. The van der Waals surface area contributed by atoms with Crippen LogP contribution in [0.15, 0.2) is 77.7 Å². The Bertz CT molecular complexity index is 1260. The second-order valence-corrected chi connectivity index (χ2v) is 9.09. The summed E-state index contributed by atoms with van der Waals surface area (Å²) in [5.41, 5.74) is 0.633. The topological polar surface area (TPSA) is 113 Å². The number of nitrogens with one attached hydrogen (secondary N) is 1. The van der Waals surface area contributed by atoms with E-state index in [-0.39, 0.29) is 33.5 Å². The summed E-state index contributed by atoms with van der Waals surface area (Å²) in [4.78, 5) is 24.2. The number of esters is 1. The molecular formula is C23H21ClN2O6S. The number of phenolic OH excluding ortho intramolecular Hbond substituents is 1. The summed E-state index contributed by atoms with van der Waals surface area (Å²) in [6, 6.07) is 18.1. The van der Waals surface area contributed by atoms with Crippen molar-refractivity contribution in [2.45, 2.75) is 11.8 Å².